The van der Waals surface area contributed by atoms with Crippen molar-refractivity contribution in [1.82, 2.24) is 25.3 Å². The van der Waals surface area contributed by atoms with Crippen LogP contribution in [0.4, 0.5) is 0 Å². The Balaban J connectivity index is 1.39. The number of hydrogen-bond donors (Lipinski definition) is 2. The molecule has 0 aliphatic heterocycles. The van der Waals surface area contributed by atoms with Gasteiger partial charge in [0, 0.05) is 29.6 Å². The van der Waals surface area contributed by atoms with Crippen LogP contribution in [0.5, 0.6) is 0 Å². The lowest BCUT2D eigenvalue weighted by molar-refractivity contribution is -0.122. The highest BCUT2D eigenvalue weighted by atomic mass is 16.1. The zero-order valence-corrected chi connectivity index (χ0v) is 16.4. The van der Waals surface area contributed by atoms with Crippen molar-refractivity contribution in [2.45, 2.75) is 45.7 Å². The number of para-hydroxylation sites is 2. The predicted molar refractivity (Wildman–Crippen MR) is 111 cm³/mol. The molecule has 0 radical (unpaired) electrons. The third-order valence-electron chi connectivity index (χ3n) is 5.22. The van der Waals surface area contributed by atoms with Crippen LogP contribution in [-0.2, 0) is 11.2 Å². The Morgan fingerprint density at radius 2 is 2.00 bits per heavy atom. The number of aromatic amines is 1. The molecule has 144 valence electrons. The summed E-state index contributed by atoms with van der Waals surface area (Å²) in [6, 6.07) is 14.1. The molecule has 0 aliphatic carbocycles. The van der Waals surface area contributed by atoms with Gasteiger partial charge in [-0.3, -0.25) is 4.79 Å². The van der Waals surface area contributed by atoms with E-state index in [1.54, 1.807) is 0 Å². The average molecular weight is 375 g/mol. The molecule has 6 nitrogen and oxygen atoms in total. The van der Waals surface area contributed by atoms with Crippen LogP contribution < -0.4 is 5.32 Å². The molecule has 6 heteroatoms. The van der Waals surface area contributed by atoms with E-state index in [1.165, 1.54) is 22.0 Å². The third kappa shape index (κ3) is 3.50. The van der Waals surface area contributed by atoms with Gasteiger partial charge in [0.2, 0.25) is 5.91 Å². The maximum absolute atomic E-state index is 12.6. The lowest BCUT2D eigenvalue weighted by Gasteiger charge is -2.16. The molecule has 0 saturated heterocycles. The second-order valence-corrected chi connectivity index (χ2v) is 7.56. The van der Waals surface area contributed by atoms with Crippen molar-refractivity contribution in [3.63, 3.8) is 0 Å². The molecule has 2 unspecified atom stereocenters. The number of fused-ring (bicyclic) bond motifs is 2. The SMILES string of the molecule is Cc1cccc2c(CC(C)NC(=O)CC(C)n3nnc4ccccc43)c[nH]c12. The van der Waals surface area contributed by atoms with Gasteiger partial charge in [0.05, 0.1) is 11.6 Å². The number of amides is 1. The second-order valence-electron chi connectivity index (χ2n) is 7.56. The molecule has 28 heavy (non-hydrogen) atoms. The number of H-pyrrole nitrogens is 1. The molecule has 4 aromatic rings. The van der Waals surface area contributed by atoms with Crippen LogP contribution in [0.25, 0.3) is 21.9 Å². The number of rotatable bonds is 6. The molecule has 2 N–H and O–H groups in total. The van der Waals surface area contributed by atoms with Gasteiger partial charge in [-0.25, -0.2) is 4.68 Å². The molecule has 0 bridgehead atoms. The fourth-order valence-corrected chi connectivity index (χ4v) is 3.81. The topological polar surface area (TPSA) is 75.6 Å². The Morgan fingerprint density at radius 1 is 1.18 bits per heavy atom. The van der Waals surface area contributed by atoms with Crippen molar-refractivity contribution in [2.24, 2.45) is 0 Å². The number of carbonyl (C=O) groups is 1. The highest BCUT2D eigenvalue weighted by Gasteiger charge is 2.17. The van der Waals surface area contributed by atoms with Gasteiger partial charge in [-0.1, -0.05) is 35.5 Å². The molecule has 4 rings (SSSR count). The number of hydrogen-bond acceptors (Lipinski definition) is 3. The zero-order valence-electron chi connectivity index (χ0n) is 16.4. The molecule has 2 aromatic carbocycles. The zero-order chi connectivity index (χ0) is 19.7. The Hall–Kier alpha value is -3.15. The van der Waals surface area contributed by atoms with Crippen LogP contribution in [0.3, 0.4) is 0 Å². The summed E-state index contributed by atoms with van der Waals surface area (Å²) in [4.78, 5) is 15.9. The number of aryl methyl sites for hydroxylation is 1. The average Bonchev–Trinajstić information content (AvgIpc) is 3.27. The maximum Gasteiger partial charge on any atom is 0.222 e. The van der Waals surface area contributed by atoms with Gasteiger partial charge in [-0.2, -0.15) is 0 Å². The lowest BCUT2D eigenvalue weighted by Crippen LogP contribution is -2.35. The van der Waals surface area contributed by atoms with Gasteiger partial charge < -0.3 is 10.3 Å². The number of nitrogens with one attached hydrogen (secondary N) is 2. The van der Waals surface area contributed by atoms with E-state index < -0.39 is 0 Å². The van der Waals surface area contributed by atoms with Gasteiger partial charge in [0.25, 0.3) is 0 Å². The van der Waals surface area contributed by atoms with Gasteiger partial charge in [-0.05, 0) is 50.5 Å². The molecule has 0 saturated carbocycles. The summed E-state index contributed by atoms with van der Waals surface area (Å²) in [5, 5.41) is 12.7. The minimum Gasteiger partial charge on any atom is -0.361 e. The smallest absolute Gasteiger partial charge is 0.222 e. The number of benzene rings is 2. The molecule has 2 heterocycles. The highest BCUT2D eigenvalue weighted by molar-refractivity contribution is 5.86. The van der Waals surface area contributed by atoms with E-state index in [0.717, 1.165) is 17.5 Å². The minimum absolute atomic E-state index is 0.0237. The molecule has 2 atom stereocenters. The fraction of sp³-hybridized carbons (Fsp3) is 0.318. The molecule has 2 aromatic heterocycles. The van der Waals surface area contributed by atoms with Gasteiger partial charge in [0.15, 0.2) is 0 Å². The van der Waals surface area contributed by atoms with Gasteiger partial charge in [-0.15, -0.1) is 5.10 Å². The number of nitrogens with zero attached hydrogens (tertiary/aromatic N) is 3. The van der Waals surface area contributed by atoms with Crippen LogP contribution in [-0.4, -0.2) is 31.9 Å². The standard InChI is InChI=1S/C22H25N5O/c1-14-7-6-8-18-17(13-23-22(14)18)11-15(2)24-21(28)12-16(3)27-20-10-5-4-9-19(20)25-26-27/h4-10,13,15-16,23H,11-12H2,1-3H3,(H,24,28). The first kappa shape index (κ1) is 18.2. The van der Waals surface area contributed by atoms with E-state index in [9.17, 15) is 4.79 Å². The van der Waals surface area contributed by atoms with E-state index in [-0.39, 0.29) is 18.0 Å². The first-order chi connectivity index (χ1) is 13.5. The van der Waals surface area contributed by atoms with Crippen molar-refractivity contribution < 1.29 is 4.79 Å². The lowest BCUT2D eigenvalue weighted by atomic mass is 10.0. The van der Waals surface area contributed by atoms with Crippen molar-refractivity contribution in [2.75, 3.05) is 0 Å². The Kier molecular flexibility index (Phi) is 4.86. The Bertz CT molecular complexity index is 1130. The van der Waals surface area contributed by atoms with E-state index in [4.69, 9.17) is 0 Å². The van der Waals surface area contributed by atoms with Crippen molar-refractivity contribution in [3.05, 3.63) is 59.8 Å². The van der Waals surface area contributed by atoms with Gasteiger partial charge >= 0.3 is 0 Å². The summed E-state index contributed by atoms with van der Waals surface area (Å²) < 4.78 is 1.82. The number of carbonyl (C=O) groups excluding carboxylic acids is 1. The van der Waals surface area contributed by atoms with E-state index in [1.807, 2.05) is 49.0 Å². The second kappa shape index (κ2) is 7.46. The quantitative estimate of drug-likeness (QED) is 0.536. The molecular formula is C22H25N5O. The summed E-state index contributed by atoms with van der Waals surface area (Å²) in [5.74, 6) is 0.0237. The largest absolute Gasteiger partial charge is 0.361 e. The van der Waals surface area contributed by atoms with Crippen molar-refractivity contribution in [3.8, 4) is 0 Å². The van der Waals surface area contributed by atoms with E-state index >= 15 is 0 Å². The van der Waals surface area contributed by atoms with Gasteiger partial charge in [0.1, 0.15) is 5.52 Å². The summed E-state index contributed by atoms with van der Waals surface area (Å²) >= 11 is 0. The van der Waals surface area contributed by atoms with E-state index in [0.29, 0.717) is 6.42 Å². The summed E-state index contributed by atoms with van der Waals surface area (Å²) in [5.41, 5.74) is 5.42. The van der Waals surface area contributed by atoms with Crippen LogP contribution in [0, 0.1) is 6.92 Å². The maximum atomic E-state index is 12.6. The summed E-state index contributed by atoms with van der Waals surface area (Å²) in [6.07, 6.45) is 3.20. The summed E-state index contributed by atoms with van der Waals surface area (Å²) in [7, 11) is 0. The molecular weight excluding hydrogens is 350 g/mol. The van der Waals surface area contributed by atoms with Crippen LogP contribution >= 0.6 is 0 Å². The highest BCUT2D eigenvalue weighted by Crippen LogP contribution is 2.22. The summed E-state index contributed by atoms with van der Waals surface area (Å²) in [6.45, 7) is 6.14. The predicted octanol–water partition coefficient (Wildman–Crippen LogP) is 3.92. The first-order valence-corrected chi connectivity index (χ1v) is 9.68. The van der Waals surface area contributed by atoms with Crippen LogP contribution in [0.15, 0.2) is 48.7 Å². The number of aromatic nitrogens is 4. The molecule has 1 amide bonds. The first-order valence-electron chi connectivity index (χ1n) is 9.68. The Morgan fingerprint density at radius 3 is 2.86 bits per heavy atom. The Labute approximate surface area is 163 Å². The van der Waals surface area contributed by atoms with Crippen LogP contribution in [0.2, 0.25) is 0 Å². The minimum atomic E-state index is -0.0599. The molecule has 0 spiro atoms. The fourth-order valence-electron chi connectivity index (χ4n) is 3.81. The van der Waals surface area contributed by atoms with E-state index in [2.05, 4.69) is 45.7 Å². The van der Waals surface area contributed by atoms with Crippen molar-refractivity contribution in [1.29, 1.82) is 0 Å². The monoisotopic (exact) mass is 375 g/mol. The normalized spacial score (nSPS) is 13.7. The van der Waals surface area contributed by atoms with Crippen LogP contribution in [0.1, 0.15) is 37.4 Å². The molecule has 0 fully saturated rings. The molecule has 0 aliphatic rings. The van der Waals surface area contributed by atoms with Crippen molar-refractivity contribution >= 4 is 27.8 Å². The third-order valence-corrected chi connectivity index (χ3v) is 5.22.